The van der Waals surface area contributed by atoms with Gasteiger partial charge in [0.25, 0.3) is 0 Å². The van der Waals surface area contributed by atoms with Crippen LogP contribution in [0, 0.1) is 0 Å². The van der Waals surface area contributed by atoms with Crippen molar-refractivity contribution >= 4 is 17.3 Å². The molecule has 2 rings (SSSR count). The van der Waals surface area contributed by atoms with Gasteiger partial charge < -0.3 is 10.2 Å². The number of anilines is 1. The molecule has 1 heterocycles. The molecule has 19 heavy (non-hydrogen) atoms. The van der Waals surface area contributed by atoms with Gasteiger partial charge in [-0.15, -0.1) is 0 Å². The summed E-state index contributed by atoms with van der Waals surface area (Å²) in [5.41, 5.74) is 1.15. The Morgan fingerprint density at radius 2 is 1.58 bits per heavy atom. The maximum Gasteiger partial charge on any atom is 0.0407 e. The average Bonchev–Trinajstić information content (AvgIpc) is 2.43. The number of piperazine rings is 1. The van der Waals surface area contributed by atoms with Crippen LogP contribution >= 0.6 is 11.6 Å². The summed E-state index contributed by atoms with van der Waals surface area (Å²) in [7, 11) is 0. The Bertz CT molecular complexity index is 358. The highest BCUT2D eigenvalue weighted by Gasteiger charge is 2.15. The molecule has 0 amide bonds. The summed E-state index contributed by atoms with van der Waals surface area (Å²) in [6.07, 6.45) is 1.26. The second-order valence-corrected chi connectivity index (χ2v) is 5.55. The van der Waals surface area contributed by atoms with Crippen molar-refractivity contribution in [2.24, 2.45) is 0 Å². The molecule has 1 aromatic rings. The van der Waals surface area contributed by atoms with Gasteiger partial charge in [0.1, 0.15) is 0 Å². The van der Waals surface area contributed by atoms with E-state index in [0.29, 0.717) is 0 Å². The maximum absolute atomic E-state index is 5.87. The molecule has 1 aromatic carbocycles. The van der Waals surface area contributed by atoms with Gasteiger partial charge in [0, 0.05) is 50.0 Å². The summed E-state index contributed by atoms with van der Waals surface area (Å²) >= 11 is 5.87. The van der Waals surface area contributed by atoms with Crippen molar-refractivity contribution in [3.63, 3.8) is 0 Å². The minimum Gasteiger partial charge on any atom is -0.384 e. The Morgan fingerprint density at radius 1 is 1.00 bits per heavy atom. The monoisotopic (exact) mass is 281 g/mol. The van der Waals surface area contributed by atoms with Gasteiger partial charge in [-0.25, -0.2) is 0 Å². The lowest BCUT2D eigenvalue weighted by Gasteiger charge is -2.34. The second kappa shape index (κ2) is 7.73. The van der Waals surface area contributed by atoms with Crippen LogP contribution in [-0.4, -0.2) is 55.6 Å². The molecule has 0 saturated carbocycles. The first-order valence-corrected chi connectivity index (χ1v) is 7.60. The summed E-state index contributed by atoms with van der Waals surface area (Å²) < 4.78 is 0. The number of hydrogen-bond acceptors (Lipinski definition) is 3. The van der Waals surface area contributed by atoms with E-state index in [1.54, 1.807) is 0 Å². The van der Waals surface area contributed by atoms with Crippen LogP contribution in [0.5, 0.6) is 0 Å². The molecular formula is C15H24ClN3. The smallest absolute Gasteiger partial charge is 0.0407 e. The first-order valence-electron chi connectivity index (χ1n) is 7.22. The number of hydrogen-bond donors (Lipinski definition) is 1. The van der Waals surface area contributed by atoms with Gasteiger partial charge in [-0.05, 0) is 37.2 Å². The maximum atomic E-state index is 5.87. The number of benzene rings is 1. The molecular weight excluding hydrogens is 258 g/mol. The van der Waals surface area contributed by atoms with Crippen molar-refractivity contribution in [1.82, 2.24) is 9.80 Å². The molecule has 4 heteroatoms. The lowest BCUT2D eigenvalue weighted by atomic mass is 10.3. The van der Waals surface area contributed by atoms with Crippen LogP contribution in [0.2, 0.25) is 5.02 Å². The highest BCUT2D eigenvalue weighted by Crippen LogP contribution is 2.13. The summed E-state index contributed by atoms with van der Waals surface area (Å²) in [5, 5.41) is 4.23. The highest BCUT2D eigenvalue weighted by atomic mass is 35.5. The summed E-state index contributed by atoms with van der Waals surface area (Å²) in [6.45, 7) is 10.4. The molecule has 0 spiro atoms. The molecule has 1 fully saturated rings. The zero-order valence-corrected chi connectivity index (χ0v) is 12.5. The van der Waals surface area contributed by atoms with Gasteiger partial charge in [0.2, 0.25) is 0 Å². The molecule has 0 unspecified atom stereocenters. The fourth-order valence-electron chi connectivity index (χ4n) is 2.48. The second-order valence-electron chi connectivity index (χ2n) is 5.12. The zero-order valence-electron chi connectivity index (χ0n) is 11.7. The summed E-state index contributed by atoms with van der Waals surface area (Å²) in [6, 6.07) is 7.91. The van der Waals surface area contributed by atoms with Gasteiger partial charge >= 0.3 is 0 Å². The van der Waals surface area contributed by atoms with Crippen molar-refractivity contribution in [3.05, 3.63) is 29.3 Å². The number of rotatable bonds is 6. The van der Waals surface area contributed by atoms with E-state index in [1.165, 1.54) is 39.1 Å². The van der Waals surface area contributed by atoms with Crippen LogP contribution in [-0.2, 0) is 0 Å². The number of nitrogens with one attached hydrogen (secondary N) is 1. The van der Waals surface area contributed by atoms with Crippen molar-refractivity contribution in [2.45, 2.75) is 13.3 Å². The predicted octanol–water partition coefficient (Wildman–Crippen LogP) is 2.78. The first-order chi connectivity index (χ1) is 9.28. The fraction of sp³-hybridized carbons (Fsp3) is 0.600. The molecule has 0 radical (unpaired) electrons. The van der Waals surface area contributed by atoms with Crippen molar-refractivity contribution in [2.75, 3.05) is 51.1 Å². The van der Waals surface area contributed by atoms with E-state index in [-0.39, 0.29) is 0 Å². The minimum atomic E-state index is 0.789. The van der Waals surface area contributed by atoms with Gasteiger partial charge in [0.15, 0.2) is 0 Å². The zero-order chi connectivity index (χ0) is 13.5. The van der Waals surface area contributed by atoms with E-state index in [9.17, 15) is 0 Å². The standard InChI is InChI=1S/C15H24ClN3/c1-2-8-18-10-12-19(13-11-18)9-7-17-15-5-3-14(16)4-6-15/h3-6,17H,2,7-13H2,1H3. The lowest BCUT2D eigenvalue weighted by molar-refractivity contribution is 0.136. The molecule has 1 aliphatic heterocycles. The Morgan fingerprint density at radius 3 is 2.16 bits per heavy atom. The van der Waals surface area contributed by atoms with Crippen molar-refractivity contribution < 1.29 is 0 Å². The minimum absolute atomic E-state index is 0.789. The van der Waals surface area contributed by atoms with Gasteiger partial charge in [-0.1, -0.05) is 18.5 Å². The van der Waals surface area contributed by atoms with Crippen LogP contribution < -0.4 is 5.32 Å². The van der Waals surface area contributed by atoms with Crippen molar-refractivity contribution in [1.29, 1.82) is 0 Å². The Kier molecular flexibility index (Phi) is 5.95. The third kappa shape index (κ3) is 5.01. The molecule has 0 bridgehead atoms. The van der Waals surface area contributed by atoms with Crippen LogP contribution in [0.25, 0.3) is 0 Å². The highest BCUT2D eigenvalue weighted by molar-refractivity contribution is 6.30. The first kappa shape index (κ1) is 14.6. The van der Waals surface area contributed by atoms with E-state index in [2.05, 4.69) is 22.0 Å². The van der Waals surface area contributed by atoms with E-state index < -0.39 is 0 Å². The molecule has 1 N–H and O–H groups in total. The van der Waals surface area contributed by atoms with Gasteiger partial charge in [0.05, 0.1) is 0 Å². The third-order valence-electron chi connectivity index (χ3n) is 3.61. The van der Waals surface area contributed by atoms with Crippen LogP contribution in [0.4, 0.5) is 5.69 Å². The Balaban J connectivity index is 1.63. The summed E-state index contributed by atoms with van der Waals surface area (Å²) in [4.78, 5) is 5.10. The summed E-state index contributed by atoms with van der Waals surface area (Å²) in [5.74, 6) is 0. The quantitative estimate of drug-likeness (QED) is 0.865. The molecule has 1 saturated heterocycles. The third-order valence-corrected chi connectivity index (χ3v) is 3.86. The molecule has 0 aliphatic carbocycles. The Hall–Kier alpha value is -0.770. The predicted molar refractivity (Wildman–Crippen MR) is 83.1 cm³/mol. The fourth-order valence-corrected chi connectivity index (χ4v) is 2.60. The SMILES string of the molecule is CCCN1CCN(CCNc2ccc(Cl)cc2)CC1. The molecule has 1 aliphatic rings. The van der Waals surface area contributed by atoms with Gasteiger partial charge in [-0.2, -0.15) is 0 Å². The molecule has 0 aromatic heterocycles. The molecule has 3 nitrogen and oxygen atoms in total. The molecule has 106 valence electrons. The molecule has 0 atom stereocenters. The topological polar surface area (TPSA) is 18.5 Å². The van der Waals surface area contributed by atoms with E-state index >= 15 is 0 Å². The number of nitrogens with zero attached hydrogens (tertiary/aromatic N) is 2. The van der Waals surface area contributed by atoms with Crippen molar-refractivity contribution in [3.8, 4) is 0 Å². The van der Waals surface area contributed by atoms with Crippen LogP contribution in [0.15, 0.2) is 24.3 Å². The van der Waals surface area contributed by atoms with Gasteiger partial charge in [-0.3, -0.25) is 4.90 Å². The van der Waals surface area contributed by atoms with E-state index in [1.807, 2.05) is 24.3 Å². The normalized spacial score (nSPS) is 17.6. The van der Waals surface area contributed by atoms with Crippen LogP contribution in [0.1, 0.15) is 13.3 Å². The lowest BCUT2D eigenvalue weighted by Crippen LogP contribution is -2.47. The number of halogens is 1. The Labute approximate surface area is 121 Å². The largest absolute Gasteiger partial charge is 0.384 e. The average molecular weight is 282 g/mol. The van der Waals surface area contributed by atoms with E-state index in [0.717, 1.165) is 23.8 Å². The van der Waals surface area contributed by atoms with E-state index in [4.69, 9.17) is 11.6 Å². The van der Waals surface area contributed by atoms with Crippen LogP contribution in [0.3, 0.4) is 0 Å².